The van der Waals surface area contributed by atoms with E-state index in [0.717, 1.165) is 5.56 Å². The topological polar surface area (TPSA) is 114 Å². The van der Waals surface area contributed by atoms with E-state index in [9.17, 15) is 19.2 Å². The zero-order chi connectivity index (χ0) is 24.0. The van der Waals surface area contributed by atoms with Gasteiger partial charge in [-0.3, -0.25) is 19.2 Å². The molecule has 0 aliphatic carbocycles. The van der Waals surface area contributed by atoms with Crippen LogP contribution in [0, 0.1) is 0 Å². The van der Waals surface area contributed by atoms with Gasteiger partial charge >= 0.3 is 23.9 Å². The first-order chi connectivity index (χ1) is 15.0. The van der Waals surface area contributed by atoms with Crippen LogP contribution < -0.4 is 0 Å². The minimum Gasteiger partial charge on any atom is -0.463 e. The Balaban J connectivity index is 2.58. The third-order valence-corrected chi connectivity index (χ3v) is 5.51. The van der Waals surface area contributed by atoms with Gasteiger partial charge in [0.25, 0.3) is 0 Å². The van der Waals surface area contributed by atoms with Gasteiger partial charge < -0.3 is 23.7 Å². The molecule has 1 aromatic carbocycles. The molecule has 176 valence electrons. The summed E-state index contributed by atoms with van der Waals surface area (Å²) in [6, 6.07) is 5.08. The van der Waals surface area contributed by atoms with Crippen LogP contribution >= 0.6 is 27.5 Å². The first kappa shape index (κ1) is 26.1. The predicted octanol–water partition coefficient (Wildman–Crippen LogP) is 3.03. The van der Waals surface area contributed by atoms with Crippen LogP contribution in [0.3, 0.4) is 0 Å². The molecular weight excluding hydrogens is 512 g/mol. The molecule has 1 aliphatic heterocycles. The Labute approximate surface area is 198 Å². The molecule has 1 fully saturated rings. The molecule has 11 heteroatoms. The minimum absolute atomic E-state index is 0.284. The smallest absolute Gasteiger partial charge is 0.303 e. The summed E-state index contributed by atoms with van der Waals surface area (Å²) in [5.41, 5.74) is 1.32. The second kappa shape index (κ2) is 11.6. The predicted molar refractivity (Wildman–Crippen MR) is 115 cm³/mol. The van der Waals surface area contributed by atoms with Crippen LogP contribution in [-0.4, -0.2) is 54.9 Å². The summed E-state index contributed by atoms with van der Waals surface area (Å²) >= 11 is 9.57. The average Bonchev–Trinajstić information content (AvgIpc) is 2.69. The van der Waals surface area contributed by atoms with Crippen LogP contribution in [0.25, 0.3) is 0 Å². The Morgan fingerprint density at radius 3 is 2.00 bits per heavy atom. The molecule has 5 atom stereocenters. The van der Waals surface area contributed by atoms with Crippen molar-refractivity contribution in [3.63, 3.8) is 0 Å². The van der Waals surface area contributed by atoms with Crippen LogP contribution in [0.5, 0.6) is 0 Å². The van der Waals surface area contributed by atoms with E-state index >= 15 is 0 Å². The lowest BCUT2D eigenvalue weighted by atomic mass is 9.90. The highest BCUT2D eigenvalue weighted by Gasteiger charge is 2.52. The molecule has 1 unspecified atom stereocenters. The van der Waals surface area contributed by atoms with Gasteiger partial charge in [0, 0.05) is 38.0 Å². The Morgan fingerprint density at radius 1 is 0.906 bits per heavy atom. The summed E-state index contributed by atoms with van der Waals surface area (Å²) < 4.78 is 27.5. The Kier molecular flexibility index (Phi) is 9.47. The van der Waals surface area contributed by atoms with Crippen molar-refractivity contribution < 1.29 is 42.9 Å². The fraction of sp³-hybridized carbons (Fsp3) is 0.524. The zero-order valence-electron chi connectivity index (χ0n) is 18.0. The number of alkyl halides is 1. The van der Waals surface area contributed by atoms with Crippen LogP contribution in [0.15, 0.2) is 18.2 Å². The second-order valence-corrected chi connectivity index (χ2v) is 8.07. The van der Waals surface area contributed by atoms with Crippen molar-refractivity contribution in [1.29, 1.82) is 0 Å². The van der Waals surface area contributed by atoms with Crippen LogP contribution in [-0.2, 0) is 48.2 Å². The van der Waals surface area contributed by atoms with Crippen molar-refractivity contribution >= 4 is 51.4 Å². The molecule has 1 saturated heterocycles. The van der Waals surface area contributed by atoms with Crippen LogP contribution in [0.2, 0.25) is 5.02 Å². The van der Waals surface area contributed by atoms with Crippen molar-refractivity contribution in [3.8, 4) is 0 Å². The van der Waals surface area contributed by atoms with Gasteiger partial charge in [0.15, 0.2) is 18.3 Å². The van der Waals surface area contributed by atoms with E-state index in [1.165, 1.54) is 27.7 Å². The maximum absolute atomic E-state index is 11.9. The fourth-order valence-electron chi connectivity index (χ4n) is 3.37. The maximum Gasteiger partial charge on any atom is 0.303 e. The number of carbonyl (C=O) groups is 4. The van der Waals surface area contributed by atoms with Crippen molar-refractivity contribution in [2.75, 3.05) is 6.61 Å². The van der Waals surface area contributed by atoms with Gasteiger partial charge in [0.1, 0.15) is 18.8 Å². The minimum atomic E-state index is -1.22. The van der Waals surface area contributed by atoms with E-state index in [0.29, 0.717) is 15.9 Å². The van der Waals surface area contributed by atoms with Crippen LogP contribution in [0.4, 0.5) is 0 Å². The lowest BCUT2D eigenvalue weighted by Crippen LogP contribution is -2.59. The van der Waals surface area contributed by atoms with E-state index in [1.807, 2.05) is 0 Å². The number of halogens is 2. The van der Waals surface area contributed by atoms with Crippen molar-refractivity contribution in [2.24, 2.45) is 0 Å². The summed E-state index contributed by atoms with van der Waals surface area (Å²) in [7, 11) is 0. The van der Waals surface area contributed by atoms with Crippen LogP contribution in [0.1, 0.15) is 44.9 Å². The summed E-state index contributed by atoms with van der Waals surface area (Å²) in [4.78, 5) is 47.0. The number of esters is 4. The Morgan fingerprint density at radius 2 is 1.47 bits per heavy atom. The molecule has 0 amide bonds. The summed E-state index contributed by atoms with van der Waals surface area (Å²) in [6.45, 7) is 4.47. The largest absolute Gasteiger partial charge is 0.463 e. The highest BCUT2D eigenvalue weighted by atomic mass is 79.9. The number of hydrogen-bond acceptors (Lipinski definition) is 9. The molecule has 2 rings (SSSR count). The first-order valence-corrected chi connectivity index (χ1v) is 11.2. The van der Waals surface area contributed by atoms with Gasteiger partial charge in [0.2, 0.25) is 0 Å². The second-order valence-electron chi connectivity index (χ2n) is 7.10. The highest BCUT2D eigenvalue weighted by molar-refractivity contribution is 9.08. The van der Waals surface area contributed by atoms with E-state index in [2.05, 4.69) is 15.9 Å². The van der Waals surface area contributed by atoms with Gasteiger partial charge in [-0.15, -0.1) is 0 Å². The maximum atomic E-state index is 11.9. The fourth-order valence-corrected chi connectivity index (χ4v) is 4.18. The van der Waals surface area contributed by atoms with Gasteiger partial charge in [-0.05, 0) is 17.2 Å². The van der Waals surface area contributed by atoms with Crippen molar-refractivity contribution in [3.05, 3.63) is 34.3 Å². The molecule has 0 N–H and O–H groups in total. The molecule has 1 heterocycles. The number of carbonyl (C=O) groups excluding carboxylic acids is 4. The third-order valence-electron chi connectivity index (χ3n) is 4.53. The van der Waals surface area contributed by atoms with Gasteiger partial charge in [-0.2, -0.15) is 0 Å². The first-order valence-electron chi connectivity index (χ1n) is 9.68. The zero-order valence-corrected chi connectivity index (χ0v) is 20.3. The number of ether oxygens (including phenoxy) is 5. The summed E-state index contributed by atoms with van der Waals surface area (Å²) in [5, 5.41) is 0.960. The molecule has 0 saturated carbocycles. The number of benzene rings is 1. The molecule has 0 radical (unpaired) electrons. The standard InChI is InChI=1S/C21H24BrClO9/c1-10(24)28-9-17-19(29-11(2)25)21(31-13(4)27)20(30-12(3)26)18(32-17)14-5-6-16(23)15(7-14)8-22/h5-7,17-21H,8-9H2,1-4H3/t17-,18?,19-,20+,21+/m1/s1. The van der Waals surface area contributed by atoms with E-state index in [-0.39, 0.29) is 6.61 Å². The average molecular weight is 536 g/mol. The van der Waals surface area contributed by atoms with Gasteiger partial charge in [-0.1, -0.05) is 39.7 Å². The van der Waals surface area contributed by atoms with E-state index < -0.39 is 54.4 Å². The number of hydrogen-bond donors (Lipinski definition) is 0. The molecule has 0 bridgehead atoms. The normalized spacial score (nSPS) is 24.9. The van der Waals surface area contributed by atoms with Gasteiger partial charge in [-0.25, -0.2) is 0 Å². The molecular formula is C21H24BrClO9. The highest BCUT2D eigenvalue weighted by Crippen LogP contribution is 2.38. The van der Waals surface area contributed by atoms with Crippen molar-refractivity contribution in [1.82, 2.24) is 0 Å². The number of rotatable bonds is 7. The Hall–Kier alpha value is -2.17. The van der Waals surface area contributed by atoms with Gasteiger partial charge in [0.05, 0.1) is 0 Å². The lowest BCUT2D eigenvalue weighted by molar-refractivity contribution is -0.254. The third kappa shape index (κ3) is 6.91. The lowest BCUT2D eigenvalue weighted by Gasteiger charge is -2.44. The van der Waals surface area contributed by atoms with E-state index in [4.69, 9.17) is 35.3 Å². The summed E-state index contributed by atoms with van der Waals surface area (Å²) in [5.74, 6) is -2.61. The molecule has 0 spiro atoms. The summed E-state index contributed by atoms with van der Waals surface area (Å²) in [6.07, 6.45) is -5.52. The molecule has 9 nitrogen and oxygen atoms in total. The molecule has 32 heavy (non-hydrogen) atoms. The monoisotopic (exact) mass is 534 g/mol. The molecule has 1 aromatic rings. The quantitative estimate of drug-likeness (QED) is 0.295. The van der Waals surface area contributed by atoms with E-state index in [1.54, 1.807) is 18.2 Å². The molecule has 0 aromatic heterocycles. The molecule has 1 aliphatic rings. The Bertz CT molecular complexity index is 875. The van der Waals surface area contributed by atoms with Crippen molar-refractivity contribution in [2.45, 2.75) is 63.5 Å². The SMILES string of the molecule is CC(=O)OC[C@H]1OC(c2ccc(Cl)c(CBr)c2)[C@H](OC(C)=O)[C@@H](OC(C)=O)[C@@H]1OC(C)=O.